The number of halogens is 5. The first-order valence-electron chi connectivity index (χ1n) is 6.03. The first-order valence-corrected chi connectivity index (χ1v) is 6.03. The molecule has 116 valence electrons. The van der Waals surface area contributed by atoms with E-state index < -0.39 is 29.7 Å². The lowest BCUT2D eigenvalue weighted by atomic mass is 9.97. The summed E-state index contributed by atoms with van der Waals surface area (Å²) in [5.74, 6) is -1.36. The maximum absolute atomic E-state index is 13.1. The van der Waals surface area contributed by atoms with Crippen LogP contribution in [0.15, 0.2) is 42.5 Å². The van der Waals surface area contributed by atoms with Crippen LogP contribution in [0.1, 0.15) is 27.9 Å². The van der Waals surface area contributed by atoms with Crippen molar-refractivity contribution >= 4 is 5.97 Å². The number of benzene rings is 2. The smallest absolute Gasteiger partial charge is 0.416 e. The Morgan fingerprint density at radius 2 is 1.59 bits per heavy atom. The third-order valence-corrected chi connectivity index (χ3v) is 3.06. The quantitative estimate of drug-likeness (QED) is 0.808. The molecule has 0 amide bonds. The van der Waals surface area contributed by atoms with Gasteiger partial charge in [0.1, 0.15) is 0 Å². The van der Waals surface area contributed by atoms with Gasteiger partial charge in [0.25, 0.3) is 6.43 Å². The van der Waals surface area contributed by atoms with Crippen molar-refractivity contribution in [3.8, 4) is 11.1 Å². The Morgan fingerprint density at radius 1 is 1.00 bits per heavy atom. The zero-order valence-electron chi connectivity index (χ0n) is 10.9. The fourth-order valence-electron chi connectivity index (χ4n) is 1.98. The molecule has 7 heteroatoms. The molecule has 0 bridgehead atoms. The molecule has 0 atom stereocenters. The summed E-state index contributed by atoms with van der Waals surface area (Å²) >= 11 is 0. The Bertz CT molecular complexity index is 690. The van der Waals surface area contributed by atoms with Gasteiger partial charge < -0.3 is 5.11 Å². The van der Waals surface area contributed by atoms with E-state index in [0.29, 0.717) is 0 Å². The van der Waals surface area contributed by atoms with Gasteiger partial charge in [0, 0.05) is 5.56 Å². The van der Waals surface area contributed by atoms with Crippen LogP contribution in [0.5, 0.6) is 0 Å². The second kappa shape index (κ2) is 5.75. The van der Waals surface area contributed by atoms with Gasteiger partial charge in [-0.25, -0.2) is 13.6 Å². The number of carboxylic acid groups (broad SMARTS) is 1. The molecule has 22 heavy (non-hydrogen) atoms. The molecule has 0 spiro atoms. The van der Waals surface area contributed by atoms with Crippen molar-refractivity contribution in [2.24, 2.45) is 0 Å². The summed E-state index contributed by atoms with van der Waals surface area (Å²) in [6.07, 6.45) is -7.46. The van der Waals surface area contributed by atoms with E-state index in [-0.39, 0.29) is 16.7 Å². The molecule has 0 aliphatic rings. The van der Waals surface area contributed by atoms with Crippen molar-refractivity contribution in [2.75, 3.05) is 0 Å². The molecule has 0 saturated heterocycles. The van der Waals surface area contributed by atoms with Gasteiger partial charge in [-0.1, -0.05) is 18.2 Å². The van der Waals surface area contributed by atoms with Gasteiger partial charge in [0.05, 0.1) is 11.1 Å². The molecule has 0 saturated carbocycles. The maximum atomic E-state index is 13.1. The summed E-state index contributed by atoms with van der Waals surface area (Å²) < 4.78 is 63.6. The van der Waals surface area contributed by atoms with Crippen LogP contribution in [0.4, 0.5) is 22.0 Å². The fraction of sp³-hybridized carbons (Fsp3) is 0.133. The van der Waals surface area contributed by atoms with Gasteiger partial charge in [-0.3, -0.25) is 0 Å². The number of rotatable bonds is 3. The summed E-state index contributed by atoms with van der Waals surface area (Å²) in [6, 6.07) is 6.83. The summed E-state index contributed by atoms with van der Waals surface area (Å²) in [6.45, 7) is 0. The Morgan fingerprint density at radius 3 is 2.05 bits per heavy atom. The maximum Gasteiger partial charge on any atom is 0.416 e. The zero-order chi connectivity index (χ0) is 16.5. The highest BCUT2D eigenvalue weighted by Crippen LogP contribution is 2.34. The van der Waals surface area contributed by atoms with E-state index in [4.69, 9.17) is 5.11 Å². The van der Waals surface area contributed by atoms with E-state index in [0.717, 1.165) is 42.5 Å². The van der Waals surface area contributed by atoms with Crippen LogP contribution < -0.4 is 0 Å². The van der Waals surface area contributed by atoms with Crippen molar-refractivity contribution in [3.63, 3.8) is 0 Å². The fourth-order valence-corrected chi connectivity index (χ4v) is 1.98. The minimum Gasteiger partial charge on any atom is -0.478 e. The van der Waals surface area contributed by atoms with E-state index >= 15 is 0 Å². The molecule has 0 radical (unpaired) electrons. The predicted octanol–water partition coefficient (Wildman–Crippen LogP) is 5.01. The van der Waals surface area contributed by atoms with Crippen molar-refractivity contribution in [1.29, 1.82) is 0 Å². The number of aromatic carboxylic acids is 1. The minimum absolute atomic E-state index is 0.00581. The predicted molar refractivity (Wildman–Crippen MR) is 68.8 cm³/mol. The van der Waals surface area contributed by atoms with Crippen LogP contribution in [0.2, 0.25) is 0 Å². The molecule has 0 unspecified atom stereocenters. The lowest BCUT2D eigenvalue weighted by molar-refractivity contribution is -0.137. The summed E-state index contributed by atoms with van der Waals surface area (Å²) in [7, 11) is 0. The average Bonchev–Trinajstić information content (AvgIpc) is 2.45. The molecule has 2 aromatic carbocycles. The van der Waals surface area contributed by atoms with Gasteiger partial charge in [0.15, 0.2) is 0 Å². The zero-order valence-corrected chi connectivity index (χ0v) is 10.9. The first-order chi connectivity index (χ1) is 10.2. The molecular weight excluding hydrogens is 307 g/mol. The van der Waals surface area contributed by atoms with Gasteiger partial charge in [-0.2, -0.15) is 13.2 Å². The van der Waals surface area contributed by atoms with Crippen LogP contribution in [0.3, 0.4) is 0 Å². The van der Waals surface area contributed by atoms with Gasteiger partial charge in [0.2, 0.25) is 0 Å². The largest absolute Gasteiger partial charge is 0.478 e. The van der Waals surface area contributed by atoms with Crippen molar-refractivity contribution < 1.29 is 31.9 Å². The number of hydrogen-bond donors (Lipinski definition) is 1. The normalized spacial score (nSPS) is 11.7. The van der Waals surface area contributed by atoms with E-state index in [1.807, 2.05) is 0 Å². The van der Waals surface area contributed by atoms with Crippen LogP contribution in [-0.4, -0.2) is 11.1 Å². The topological polar surface area (TPSA) is 37.3 Å². The molecule has 0 aliphatic carbocycles. The average molecular weight is 316 g/mol. The number of hydrogen-bond acceptors (Lipinski definition) is 1. The van der Waals surface area contributed by atoms with Crippen LogP contribution in [-0.2, 0) is 6.18 Å². The highest BCUT2D eigenvalue weighted by atomic mass is 19.4. The van der Waals surface area contributed by atoms with Gasteiger partial charge in [-0.05, 0) is 35.4 Å². The number of carbonyl (C=O) groups is 1. The van der Waals surface area contributed by atoms with Gasteiger partial charge >= 0.3 is 12.1 Å². The van der Waals surface area contributed by atoms with Crippen LogP contribution in [0, 0.1) is 0 Å². The molecule has 0 aromatic heterocycles. The Labute approximate surface area is 121 Å². The number of carboxylic acids is 1. The Kier molecular flexibility index (Phi) is 4.16. The van der Waals surface area contributed by atoms with Crippen molar-refractivity contribution in [2.45, 2.75) is 12.6 Å². The standard InChI is InChI=1S/C15H9F5O2/c16-13(17)12-7-9(14(21)22)3-6-11(12)8-1-4-10(5-2-8)15(18,19)20/h1-7,13H,(H,21,22). The molecule has 2 nitrogen and oxygen atoms in total. The third-order valence-electron chi connectivity index (χ3n) is 3.06. The van der Waals surface area contributed by atoms with Gasteiger partial charge in [-0.15, -0.1) is 0 Å². The monoisotopic (exact) mass is 316 g/mol. The first kappa shape index (κ1) is 15.9. The number of alkyl halides is 5. The van der Waals surface area contributed by atoms with E-state index in [2.05, 4.69) is 0 Å². The SMILES string of the molecule is O=C(O)c1ccc(-c2ccc(C(F)(F)F)cc2)c(C(F)F)c1. The van der Waals surface area contributed by atoms with Crippen LogP contribution in [0.25, 0.3) is 11.1 Å². The second-order valence-corrected chi connectivity index (χ2v) is 4.48. The molecular formula is C15H9F5O2. The molecule has 0 fully saturated rings. The lowest BCUT2D eigenvalue weighted by Crippen LogP contribution is -2.04. The van der Waals surface area contributed by atoms with Crippen molar-refractivity contribution in [3.05, 3.63) is 59.2 Å². The molecule has 1 N–H and O–H groups in total. The van der Waals surface area contributed by atoms with E-state index in [1.54, 1.807) is 0 Å². The lowest BCUT2D eigenvalue weighted by Gasteiger charge is -2.12. The highest BCUT2D eigenvalue weighted by molar-refractivity contribution is 5.89. The highest BCUT2D eigenvalue weighted by Gasteiger charge is 2.30. The summed E-state index contributed by atoms with van der Waals surface area (Å²) in [5, 5.41) is 8.81. The third kappa shape index (κ3) is 3.24. The van der Waals surface area contributed by atoms with Crippen molar-refractivity contribution in [1.82, 2.24) is 0 Å². The van der Waals surface area contributed by atoms with E-state index in [1.165, 1.54) is 0 Å². The Hall–Kier alpha value is -2.44. The molecule has 2 aromatic rings. The van der Waals surface area contributed by atoms with E-state index in [9.17, 15) is 26.7 Å². The minimum atomic E-state index is -4.52. The Balaban J connectivity index is 2.50. The summed E-state index contributed by atoms with van der Waals surface area (Å²) in [5.41, 5.74) is -1.60. The summed E-state index contributed by atoms with van der Waals surface area (Å²) in [4.78, 5) is 10.8. The molecule has 0 heterocycles. The van der Waals surface area contributed by atoms with Crippen LogP contribution >= 0.6 is 0 Å². The molecule has 2 rings (SSSR count). The molecule has 0 aliphatic heterocycles. The second-order valence-electron chi connectivity index (χ2n) is 4.48.